The van der Waals surface area contributed by atoms with E-state index in [-0.39, 0.29) is 0 Å². The van der Waals surface area contributed by atoms with Crippen LogP contribution in [0.5, 0.6) is 0 Å². The Balaban J connectivity index is 3.07. The fourth-order valence-corrected chi connectivity index (χ4v) is 1.33. The molecule has 0 bridgehead atoms. The van der Waals surface area contributed by atoms with Crippen LogP contribution in [0, 0.1) is 6.92 Å². The summed E-state index contributed by atoms with van der Waals surface area (Å²) in [5.41, 5.74) is 0. The van der Waals surface area contributed by atoms with Crippen molar-refractivity contribution in [3.05, 3.63) is 11.6 Å². The van der Waals surface area contributed by atoms with Crippen LogP contribution in [-0.4, -0.2) is 14.8 Å². The Hall–Kier alpha value is -0.860. The van der Waals surface area contributed by atoms with Gasteiger partial charge >= 0.3 is 0 Å². The van der Waals surface area contributed by atoms with E-state index in [9.17, 15) is 0 Å². The van der Waals surface area contributed by atoms with Gasteiger partial charge in [-0.15, -0.1) is 10.2 Å². The van der Waals surface area contributed by atoms with E-state index in [1.165, 1.54) is 0 Å². The molecule has 0 fully saturated rings. The number of hydrogen-bond donors (Lipinski definition) is 0. The van der Waals surface area contributed by atoms with Crippen LogP contribution in [0.15, 0.2) is 0 Å². The maximum absolute atomic E-state index is 4.07. The van der Waals surface area contributed by atoms with Crippen molar-refractivity contribution in [2.24, 2.45) is 0 Å². The lowest BCUT2D eigenvalue weighted by Gasteiger charge is -2.10. The van der Waals surface area contributed by atoms with E-state index >= 15 is 0 Å². The van der Waals surface area contributed by atoms with Gasteiger partial charge in [-0.3, -0.25) is 0 Å². The minimum atomic E-state index is 0.472. The smallest absolute Gasteiger partial charge is 0.132 e. The van der Waals surface area contributed by atoms with Gasteiger partial charge in [0.05, 0.1) is 0 Å². The summed E-state index contributed by atoms with van der Waals surface area (Å²) < 4.78 is 2.17. The predicted molar refractivity (Wildman–Crippen MR) is 44.5 cm³/mol. The normalized spacial score (nSPS) is 11.0. The quantitative estimate of drug-likeness (QED) is 0.647. The Morgan fingerprint density at radius 2 is 2.00 bits per heavy atom. The molecule has 1 heterocycles. The third-order valence-electron chi connectivity index (χ3n) is 1.77. The van der Waals surface area contributed by atoms with Gasteiger partial charge in [-0.2, -0.15) is 0 Å². The second-order valence-electron chi connectivity index (χ2n) is 2.98. The molecule has 0 N–H and O–H groups in total. The number of hydrogen-bond acceptors (Lipinski definition) is 2. The number of rotatable bonds is 2. The van der Waals surface area contributed by atoms with Crippen molar-refractivity contribution in [3.8, 4) is 0 Å². The zero-order valence-electron chi connectivity index (χ0n) is 7.63. The summed E-state index contributed by atoms with van der Waals surface area (Å²) in [6, 6.07) is 0.472. The van der Waals surface area contributed by atoms with Crippen molar-refractivity contribution in [2.75, 3.05) is 0 Å². The van der Waals surface area contributed by atoms with Gasteiger partial charge in [-0.1, -0.05) is 6.92 Å². The van der Waals surface area contributed by atoms with Gasteiger partial charge in [0.25, 0.3) is 0 Å². The standard InChI is InChI=1S/C8H15N3/c1-5-8-10-9-7(4)11(8)6(2)3/h6H,5H2,1-4H3. The van der Waals surface area contributed by atoms with Gasteiger partial charge in [-0.25, -0.2) is 0 Å². The summed E-state index contributed by atoms with van der Waals surface area (Å²) in [6.45, 7) is 8.39. The second kappa shape index (κ2) is 3.03. The molecular weight excluding hydrogens is 138 g/mol. The van der Waals surface area contributed by atoms with Crippen molar-refractivity contribution in [2.45, 2.75) is 40.2 Å². The summed E-state index contributed by atoms with van der Waals surface area (Å²) in [4.78, 5) is 0. The van der Waals surface area contributed by atoms with E-state index < -0.39 is 0 Å². The van der Waals surface area contributed by atoms with E-state index in [1.54, 1.807) is 0 Å². The molecule has 11 heavy (non-hydrogen) atoms. The average Bonchev–Trinajstić information content (AvgIpc) is 2.30. The van der Waals surface area contributed by atoms with Crippen LogP contribution in [0.1, 0.15) is 38.5 Å². The molecule has 3 nitrogen and oxygen atoms in total. The molecule has 1 aromatic rings. The van der Waals surface area contributed by atoms with Crippen molar-refractivity contribution < 1.29 is 0 Å². The Labute approximate surface area is 67.4 Å². The molecule has 0 radical (unpaired) electrons. The van der Waals surface area contributed by atoms with Crippen molar-refractivity contribution in [3.63, 3.8) is 0 Å². The van der Waals surface area contributed by atoms with Gasteiger partial charge in [-0.05, 0) is 20.8 Å². The van der Waals surface area contributed by atoms with Gasteiger partial charge < -0.3 is 4.57 Å². The minimum absolute atomic E-state index is 0.472. The topological polar surface area (TPSA) is 30.7 Å². The maximum Gasteiger partial charge on any atom is 0.132 e. The summed E-state index contributed by atoms with van der Waals surface area (Å²) in [7, 11) is 0. The average molecular weight is 153 g/mol. The third kappa shape index (κ3) is 1.42. The predicted octanol–water partition coefficient (Wildman–Crippen LogP) is 1.73. The van der Waals surface area contributed by atoms with E-state index in [4.69, 9.17) is 0 Å². The molecular formula is C8H15N3. The lowest BCUT2D eigenvalue weighted by molar-refractivity contribution is 0.557. The van der Waals surface area contributed by atoms with E-state index in [0.717, 1.165) is 18.1 Å². The molecule has 0 unspecified atom stereocenters. The Morgan fingerprint density at radius 3 is 2.36 bits per heavy atom. The van der Waals surface area contributed by atoms with Crippen LogP contribution < -0.4 is 0 Å². The first-order chi connectivity index (χ1) is 5.16. The molecule has 62 valence electrons. The first-order valence-corrected chi connectivity index (χ1v) is 4.07. The van der Waals surface area contributed by atoms with Gasteiger partial charge in [0, 0.05) is 12.5 Å². The highest BCUT2D eigenvalue weighted by atomic mass is 15.3. The molecule has 1 aromatic heterocycles. The number of nitrogens with zero attached hydrogens (tertiary/aromatic N) is 3. The molecule has 3 heteroatoms. The monoisotopic (exact) mass is 153 g/mol. The SMILES string of the molecule is CCc1nnc(C)n1C(C)C. The van der Waals surface area contributed by atoms with Crippen LogP contribution in [0.3, 0.4) is 0 Å². The molecule has 0 aliphatic heterocycles. The fraction of sp³-hybridized carbons (Fsp3) is 0.750. The zero-order chi connectivity index (χ0) is 8.43. The third-order valence-corrected chi connectivity index (χ3v) is 1.77. The highest BCUT2D eigenvalue weighted by Gasteiger charge is 2.08. The molecule has 0 aliphatic carbocycles. The zero-order valence-corrected chi connectivity index (χ0v) is 7.63. The summed E-state index contributed by atoms with van der Waals surface area (Å²) in [5, 5.41) is 8.09. The van der Waals surface area contributed by atoms with Crippen LogP contribution in [-0.2, 0) is 6.42 Å². The minimum Gasteiger partial charge on any atom is -0.313 e. The molecule has 0 aliphatic rings. The second-order valence-corrected chi connectivity index (χ2v) is 2.98. The lowest BCUT2D eigenvalue weighted by atomic mass is 10.3. The van der Waals surface area contributed by atoms with Gasteiger partial charge in [0.2, 0.25) is 0 Å². The van der Waals surface area contributed by atoms with Crippen molar-refractivity contribution >= 4 is 0 Å². The Kier molecular flexibility index (Phi) is 2.27. The van der Waals surface area contributed by atoms with Gasteiger partial charge in [0.15, 0.2) is 0 Å². The number of aryl methyl sites for hydroxylation is 2. The molecule has 0 saturated carbocycles. The van der Waals surface area contributed by atoms with Gasteiger partial charge in [0.1, 0.15) is 11.6 Å². The van der Waals surface area contributed by atoms with Crippen molar-refractivity contribution in [1.82, 2.24) is 14.8 Å². The molecule has 0 amide bonds. The largest absolute Gasteiger partial charge is 0.313 e. The molecule has 0 saturated heterocycles. The van der Waals surface area contributed by atoms with E-state index in [0.29, 0.717) is 6.04 Å². The Bertz CT molecular complexity index is 237. The summed E-state index contributed by atoms with van der Waals surface area (Å²) in [5.74, 6) is 2.09. The highest BCUT2D eigenvalue weighted by Crippen LogP contribution is 2.10. The molecule has 0 spiro atoms. The fourth-order valence-electron chi connectivity index (χ4n) is 1.33. The molecule has 1 rings (SSSR count). The maximum atomic E-state index is 4.07. The lowest BCUT2D eigenvalue weighted by Crippen LogP contribution is -2.07. The molecule has 0 aromatic carbocycles. The van der Waals surface area contributed by atoms with E-state index in [2.05, 4.69) is 35.5 Å². The van der Waals surface area contributed by atoms with Crippen LogP contribution in [0.2, 0.25) is 0 Å². The van der Waals surface area contributed by atoms with E-state index in [1.807, 2.05) is 6.92 Å². The Morgan fingerprint density at radius 1 is 1.36 bits per heavy atom. The van der Waals surface area contributed by atoms with Crippen LogP contribution in [0.25, 0.3) is 0 Å². The number of aromatic nitrogens is 3. The first kappa shape index (κ1) is 8.24. The summed E-state index contributed by atoms with van der Waals surface area (Å²) in [6.07, 6.45) is 0.957. The summed E-state index contributed by atoms with van der Waals surface area (Å²) >= 11 is 0. The first-order valence-electron chi connectivity index (χ1n) is 4.07. The van der Waals surface area contributed by atoms with Crippen LogP contribution >= 0.6 is 0 Å². The van der Waals surface area contributed by atoms with Crippen molar-refractivity contribution in [1.29, 1.82) is 0 Å². The molecule has 0 atom stereocenters. The highest BCUT2D eigenvalue weighted by molar-refractivity contribution is 4.95. The van der Waals surface area contributed by atoms with Crippen LogP contribution in [0.4, 0.5) is 0 Å².